The Morgan fingerprint density at radius 1 is 0.833 bits per heavy atom. The second-order valence-corrected chi connectivity index (χ2v) is 5.67. The van der Waals surface area contributed by atoms with E-state index in [1.54, 1.807) is 0 Å². The summed E-state index contributed by atoms with van der Waals surface area (Å²) >= 11 is 0. The van der Waals surface area contributed by atoms with Crippen molar-refractivity contribution in [3.05, 3.63) is 0 Å². The molecule has 8 nitrogen and oxygen atoms in total. The van der Waals surface area contributed by atoms with Crippen LogP contribution in [0.2, 0.25) is 0 Å². The summed E-state index contributed by atoms with van der Waals surface area (Å²) in [4.78, 5) is 11.3. The zero-order valence-electron chi connectivity index (χ0n) is 15.0. The molecule has 0 aliphatic rings. The van der Waals surface area contributed by atoms with Gasteiger partial charge < -0.3 is 34.7 Å². The summed E-state index contributed by atoms with van der Waals surface area (Å²) in [7, 11) is 0. The van der Waals surface area contributed by atoms with Crippen LogP contribution in [0.3, 0.4) is 0 Å². The van der Waals surface area contributed by atoms with Crippen LogP contribution in [0.5, 0.6) is 0 Å². The lowest BCUT2D eigenvalue weighted by atomic mass is 10.2. The van der Waals surface area contributed by atoms with Gasteiger partial charge in [-0.3, -0.25) is 0 Å². The molecular weight excluding hydrogens is 340 g/mol. The molecule has 24 heavy (non-hydrogen) atoms. The number of nitrogens with two attached hydrogens (primary N) is 1. The molecule has 146 valence electrons. The number of rotatable bonds is 14. The maximum atomic E-state index is 11.3. The van der Waals surface area contributed by atoms with Crippen molar-refractivity contribution in [1.82, 2.24) is 5.32 Å². The molecule has 0 aromatic carbocycles. The van der Waals surface area contributed by atoms with Gasteiger partial charge in [0.15, 0.2) is 0 Å². The highest BCUT2D eigenvalue weighted by atomic mass is 35.5. The van der Waals surface area contributed by atoms with Crippen LogP contribution in [-0.4, -0.2) is 77.6 Å². The lowest BCUT2D eigenvalue weighted by Gasteiger charge is -2.19. The normalized spacial score (nSPS) is 11.0. The van der Waals surface area contributed by atoms with Crippen LogP contribution in [0.1, 0.15) is 20.8 Å². The molecule has 0 aliphatic carbocycles. The number of carbonyl (C=O) groups is 1. The van der Waals surface area contributed by atoms with Crippen molar-refractivity contribution in [2.24, 2.45) is 5.73 Å². The molecule has 0 atom stereocenters. The predicted molar refractivity (Wildman–Crippen MR) is 93.8 cm³/mol. The summed E-state index contributed by atoms with van der Waals surface area (Å²) in [6.07, 6.45) is -0.440. The van der Waals surface area contributed by atoms with Gasteiger partial charge in [0.1, 0.15) is 5.60 Å². The second kappa shape index (κ2) is 17.2. The minimum Gasteiger partial charge on any atom is -0.444 e. The summed E-state index contributed by atoms with van der Waals surface area (Å²) in [5.41, 5.74) is 4.79. The largest absolute Gasteiger partial charge is 0.444 e. The Morgan fingerprint density at radius 2 is 1.25 bits per heavy atom. The Labute approximate surface area is 151 Å². The number of ether oxygens (including phenoxy) is 5. The molecule has 1 amide bonds. The first-order chi connectivity index (χ1) is 11.0. The fraction of sp³-hybridized carbons (Fsp3) is 0.933. The zero-order chi connectivity index (χ0) is 17.4. The fourth-order valence-corrected chi connectivity index (χ4v) is 1.38. The molecule has 0 heterocycles. The highest BCUT2D eigenvalue weighted by molar-refractivity contribution is 5.85. The minimum absolute atomic E-state index is 0. The molecule has 0 rings (SSSR count). The van der Waals surface area contributed by atoms with E-state index in [-0.39, 0.29) is 12.4 Å². The van der Waals surface area contributed by atoms with Gasteiger partial charge in [-0.15, -0.1) is 12.4 Å². The van der Waals surface area contributed by atoms with Crippen molar-refractivity contribution in [3.63, 3.8) is 0 Å². The quantitative estimate of drug-likeness (QED) is 0.438. The molecule has 0 radical (unpaired) electrons. The Hall–Kier alpha value is -0.640. The number of amides is 1. The van der Waals surface area contributed by atoms with Crippen molar-refractivity contribution < 1.29 is 28.5 Å². The molecule has 0 aromatic rings. The van der Waals surface area contributed by atoms with E-state index >= 15 is 0 Å². The molecule has 0 spiro atoms. The molecule has 0 aromatic heterocycles. The smallest absolute Gasteiger partial charge is 0.407 e. The molecule has 3 N–H and O–H groups in total. The van der Waals surface area contributed by atoms with Crippen LogP contribution in [0.4, 0.5) is 4.79 Å². The Balaban J connectivity index is 0. The predicted octanol–water partition coefficient (Wildman–Crippen LogP) is 0.958. The average Bonchev–Trinajstić information content (AvgIpc) is 2.46. The van der Waals surface area contributed by atoms with E-state index in [2.05, 4.69) is 5.32 Å². The summed E-state index contributed by atoms with van der Waals surface area (Å²) in [5.74, 6) is 0. The number of hydrogen-bond donors (Lipinski definition) is 2. The van der Waals surface area contributed by atoms with E-state index in [0.29, 0.717) is 65.9 Å². The summed E-state index contributed by atoms with van der Waals surface area (Å²) in [5, 5.41) is 2.61. The molecule has 0 saturated heterocycles. The fourth-order valence-electron chi connectivity index (χ4n) is 1.38. The Kier molecular flexibility index (Phi) is 18.3. The van der Waals surface area contributed by atoms with E-state index < -0.39 is 11.7 Å². The average molecular weight is 373 g/mol. The van der Waals surface area contributed by atoms with Gasteiger partial charge in [0, 0.05) is 13.1 Å². The van der Waals surface area contributed by atoms with E-state index in [0.717, 1.165) is 0 Å². The molecule has 0 saturated carbocycles. The van der Waals surface area contributed by atoms with Gasteiger partial charge in [0.2, 0.25) is 0 Å². The van der Waals surface area contributed by atoms with Gasteiger partial charge in [-0.1, -0.05) is 0 Å². The summed E-state index contributed by atoms with van der Waals surface area (Å²) < 4.78 is 26.2. The van der Waals surface area contributed by atoms with E-state index in [9.17, 15) is 4.79 Å². The topological polar surface area (TPSA) is 101 Å². The third kappa shape index (κ3) is 21.4. The first-order valence-corrected chi connectivity index (χ1v) is 7.93. The summed E-state index contributed by atoms with van der Waals surface area (Å²) in [6, 6.07) is 0. The van der Waals surface area contributed by atoms with Crippen molar-refractivity contribution in [1.29, 1.82) is 0 Å². The SMILES string of the molecule is CC(C)(C)OC(=O)NCCOCCOCCOCCOCCN.Cl. The monoisotopic (exact) mass is 372 g/mol. The van der Waals surface area contributed by atoms with Gasteiger partial charge in [-0.25, -0.2) is 4.79 Å². The highest BCUT2D eigenvalue weighted by Crippen LogP contribution is 2.05. The Bertz CT molecular complexity index is 290. The zero-order valence-corrected chi connectivity index (χ0v) is 15.8. The van der Waals surface area contributed by atoms with E-state index in [1.165, 1.54) is 0 Å². The van der Waals surface area contributed by atoms with Crippen LogP contribution in [0.15, 0.2) is 0 Å². The van der Waals surface area contributed by atoms with Crippen LogP contribution >= 0.6 is 12.4 Å². The third-order valence-electron chi connectivity index (χ3n) is 2.29. The van der Waals surface area contributed by atoms with Gasteiger partial charge >= 0.3 is 6.09 Å². The molecule has 0 bridgehead atoms. The summed E-state index contributed by atoms with van der Waals surface area (Å²) in [6.45, 7) is 10.4. The number of halogens is 1. The number of hydrogen-bond acceptors (Lipinski definition) is 7. The third-order valence-corrected chi connectivity index (χ3v) is 2.29. The lowest BCUT2D eigenvalue weighted by Crippen LogP contribution is -2.34. The maximum Gasteiger partial charge on any atom is 0.407 e. The van der Waals surface area contributed by atoms with Crippen LogP contribution < -0.4 is 11.1 Å². The number of nitrogens with one attached hydrogen (secondary N) is 1. The second-order valence-electron chi connectivity index (χ2n) is 5.67. The van der Waals surface area contributed by atoms with Crippen LogP contribution in [0, 0.1) is 0 Å². The highest BCUT2D eigenvalue weighted by Gasteiger charge is 2.15. The lowest BCUT2D eigenvalue weighted by molar-refractivity contribution is -0.00101. The van der Waals surface area contributed by atoms with E-state index in [1.807, 2.05) is 20.8 Å². The van der Waals surface area contributed by atoms with Crippen molar-refractivity contribution in [2.75, 3.05) is 65.9 Å². The van der Waals surface area contributed by atoms with Crippen molar-refractivity contribution in [2.45, 2.75) is 26.4 Å². The molecule has 0 unspecified atom stereocenters. The van der Waals surface area contributed by atoms with Crippen molar-refractivity contribution in [3.8, 4) is 0 Å². The number of carbonyl (C=O) groups excluding carboxylic acids is 1. The first-order valence-electron chi connectivity index (χ1n) is 7.93. The molecule has 0 aliphatic heterocycles. The van der Waals surface area contributed by atoms with Crippen LogP contribution in [0.25, 0.3) is 0 Å². The first kappa shape index (κ1) is 25.6. The maximum absolute atomic E-state index is 11.3. The van der Waals surface area contributed by atoms with Crippen LogP contribution in [-0.2, 0) is 23.7 Å². The van der Waals surface area contributed by atoms with Gasteiger partial charge in [-0.05, 0) is 20.8 Å². The van der Waals surface area contributed by atoms with Gasteiger partial charge in [0.25, 0.3) is 0 Å². The van der Waals surface area contributed by atoms with Gasteiger partial charge in [0.05, 0.1) is 52.9 Å². The van der Waals surface area contributed by atoms with Crippen molar-refractivity contribution >= 4 is 18.5 Å². The standard InChI is InChI=1S/C15H32N2O6.ClH/c1-15(2,3)23-14(18)17-5-7-20-9-11-22-13-12-21-10-8-19-6-4-16;/h4-13,16H2,1-3H3,(H,17,18);1H. The van der Waals surface area contributed by atoms with Gasteiger partial charge in [-0.2, -0.15) is 0 Å². The Morgan fingerprint density at radius 3 is 1.67 bits per heavy atom. The minimum atomic E-state index is -0.489. The molecule has 0 fully saturated rings. The molecular formula is C15H33ClN2O6. The van der Waals surface area contributed by atoms with E-state index in [4.69, 9.17) is 29.4 Å². The molecule has 9 heteroatoms. The number of alkyl carbamates (subject to hydrolysis) is 1.